The minimum absolute atomic E-state index is 0.0152. The molecule has 9 heteroatoms. The summed E-state index contributed by atoms with van der Waals surface area (Å²) in [6.45, 7) is 5.10. The molecule has 1 aliphatic carbocycles. The molecule has 33 heavy (non-hydrogen) atoms. The van der Waals surface area contributed by atoms with Crippen molar-refractivity contribution in [3.05, 3.63) is 58.8 Å². The number of para-hydroxylation sites is 2. The average molecular weight is 465 g/mol. The zero-order chi connectivity index (χ0) is 23.2. The number of hydrogen-bond donors (Lipinski definition) is 1. The molecule has 0 radical (unpaired) electrons. The van der Waals surface area contributed by atoms with E-state index in [9.17, 15) is 14.4 Å². The lowest BCUT2D eigenvalue weighted by atomic mass is 9.65. The molecule has 1 spiro atoms. The summed E-state index contributed by atoms with van der Waals surface area (Å²) in [7, 11) is 1.31. The van der Waals surface area contributed by atoms with Crippen LogP contribution in [-0.2, 0) is 9.53 Å². The van der Waals surface area contributed by atoms with E-state index >= 15 is 0 Å². The van der Waals surface area contributed by atoms with Crippen LogP contribution in [-0.4, -0.2) is 52.4 Å². The van der Waals surface area contributed by atoms with Crippen LogP contribution in [0.4, 0.5) is 5.95 Å². The van der Waals surface area contributed by atoms with Crippen molar-refractivity contribution in [3.63, 3.8) is 0 Å². The molecule has 2 aromatic heterocycles. The first-order valence-corrected chi connectivity index (χ1v) is 11.6. The number of likely N-dealkylation sites (tertiary alicyclic amines) is 1. The second kappa shape index (κ2) is 8.15. The van der Waals surface area contributed by atoms with Crippen LogP contribution in [0.3, 0.4) is 0 Å². The number of anilines is 1. The number of hydrogen-bond acceptors (Lipinski definition) is 6. The van der Waals surface area contributed by atoms with Gasteiger partial charge in [-0.05, 0) is 55.0 Å². The monoisotopic (exact) mass is 464 g/mol. The number of carbonyl (C=O) groups excluding carboxylic acids is 3. The second-order valence-corrected chi connectivity index (χ2v) is 9.76. The lowest BCUT2D eigenvalue weighted by Gasteiger charge is -2.46. The molecule has 170 valence electrons. The van der Waals surface area contributed by atoms with Gasteiger partial charge >= 0.3 is 5.97 Å². The van der Waals surface area contributed by atoms with E-state index < -0.39 is 5.97 Å². The Kier molecular flexibility index (Phi) is 5.28. The third kappa shape index (κ3) is 3.72. The molecule has 1 N–H and O–H groups in total. The first kappa shape index (κ1) is 21.4. The van der Waals surface area contributed by atoms with E-state index in [0.29, 0.717) is 15.7 Å². The van der Waals surface area contributed by atoms with Gasteiger partial charge in [0.1, 0.15) is 4.88 Å². The van der Waals surface area contributed by atoms with Gasteiger partial charge in [-0.1, -0.05) is 18.7 Å². The average Bonchev–Trinajstić information content (AvgIpc) is 3.53. The third-order valence-corrected chi connectivity index (χ3v) is 7.73. The molecule has 2 aliphatic rings. The Morgan fingerprint density at radius 3 is 2.73 bits per heavy atom. The van der Waals surface area contributed by atoms with Crippen molar-refractivity contribution in [2.24, 2.45) is 5.41 Å². The van der Waals surface area contributed by atoms with E-state index in [1.54, 1.807) is 12.1 Å². The largest absolute Gasteiger partial charge is 0.465 e. The van der Waals surface area contributed by atoms with Gasteiger partial charge in [0.25, 0.3) is 5.91 Å². The number of nitrogens with one attached hydrogen (secondary N) is 1. The van der Waals surface area contributed by atoms with Crippen LogP contribution in [0.25, 0.3) is 11.0 Å². The summed E-state index contributed by atoms with van der Waals surface area (Å²) in [6.07, 6.45) is 4.19. The zero-order valence-corrected chi connectivity index (χ0v) is 19.1. The number of imidazole rings is 1. The minimum Gasteiger partial charge on any atom is -0.465 e. The first-order valence-electron chi connectivity index (χ1n) is 10.8. The van der Waals surface area contributed by atoms with Gasteiger partial charge in [-0.15, -0.1) is 11.3 Å². The van der Waals surface area contributed by atoms with Crippen LogP contribution in [0.15, 0.2) is 49.1 Å². The number of benzene rings is 1. The molecule has 1 saturated carbocycles. The van der Waals surface area contributed by atoms with E-state index in [0.717, 1.165) is 54.7 Å². The normalized spacial score (nSPS) is 21.7. The van der Waals surface area contributed by atoms with Gasteiger partial charge in [0.15, 0.2) is 0 Å². The molecule has 8 nitrogen and oxygen atoms in total. The van der Waals surface area contributed by atoms with Crippen LogP contribution >= 0.6 is 11.3 Å². The van der Waals surface area contributed by atoms with Crippen molar-refractivity contribution < 1.29 is 19.1 Å². The number of carbonyl (C=O) groups is 3. The topological polar surface area (TPSA) is 93.5 Å². The molecule has 3 heterocycles. The smallest absolute Gasteiger partial charge is 0.348 e. The maximum atomic E-state index is 12.9. The van der Waals surface area contributed by atoms with Crippen molar-refractivity contribution >= 4 is 46.1 Å². The van der Waals surface area contributed by atoms with Gasteiger partial charge in [-0.25, -0.2) is 9.78 Å². The quantitative estimate of drug-likeness (QED) is 0.457. The number of aromatic nitrogens is 2. The Morgan fingerprint density at radius 2 is 1.97 bits per heavy atom. The maximum Gasteiger partial charge on any atom is 0.348 e. The number of thiophene rings is 1. The molecule has 2 amide bonds. The number of methoxy groups -OCH3 is 1. The van der Waals surface area contributed by atoms with Gasteiger partial charge in [-0.3, -0.25) is 14.9 Å². The SMILES string of the molecule is C=CC(=O)N1CC[C@]2(C1)C[C@H](n1c(NC(=O)c3ccc(C(=O)OC)s3)nc3ccccc31)C2. The Bertz CT molecular complexity index is 1270. The fraction of sp³-hybridized carbons (Fsp3) is 0.333. The van der Waals surface area contributed by atoms with Gasteiger partial charge in [0, 0.05) is 19.1 Å². The molecule has 1 saturated heterocycles. The highest BCUT2D eigenvalue weighted by Gasteiger charge is 2.50. The maximum absolute atomic E-state index is 12.9. The Labute approximate surface area is 194 Å². The standard InChI is InChI=1S/C24H24N4O4S/c1-3-20(29)27-11-10-24(14-27)12-15(13-24)28-17-7-5-4-6-16(17)25-23(28)26-21(30)18-8-9-19(33-18)22(31)32-2/h3-9,15H,1,10-14H2,2H3,(H,25,26,30)/t15-,24-. The van der Waals surface area contributed by atoms with Crippen LogP contribution in [0, 0.1) is 5.41 Å². The molecule has 2 fully saturated rings. The van der Waals surface area contributed by atoms with Crippen LogP contribution in [0.1, 0.15) is 44.6 Å². The van der Waals surface area contributed by atoms with Crippen LogP contribution in [0.5, 0.6) is 0 Å². The van der Waals surface area contributed by atoms with Gasteiger partial charge in [0.2, 0.25) is 11.9 Å². The van der Waals surface area contributed by atoms with Crippen molar-refractivity contribution in [2.75, 3.05) is 25.5 Å². The lowest BCUT2D eigenvalue weighted by molar-refractivity contribution is -0.125. The summed E-state index contributed by atoms with van der Waals surface area (Å²) >= 11 is 1.08. The van der Waals surface area contributed by atoms with E-state index in [4.69, 9.17) is 4.74 Å². The molecule has 0 bridgehead atoms. The van der Waals surface area contributed by atoms with Crippen molar-refractivity contribution in [2.45, 2.75) is 25.3 Å². The molecular weight excluding hydrogens is 440 g/mol. The highest BCUT2D eigenvalue weighted by molar-refractivity contribution is 7.16. The number of rotatable bonds is 5. The third-order valence-electron chi connectivity index (χ3n) is 6.66. The Morgan fingerprint density at radius 1 is 1.21 bits per heavy atom. The molecule has 0 unspecified atom stereocenters. The minimum atomic E-state index is -0.466. The number of amides is 2. The predicted octanol–water partition coefficient (Wildman–Crippen LogP) is 3.88. The summed E-state index contributed by atoms with van der Waals surface area (Å²) in [6, 6.07) is 11.2. The fourth-order valence-corrected chi connectivity index (χ4v) is 5.86. The van der Waals surface area contributed by atoms with E-state index in [-0.39, 0.29) is 23.3 Å². The van der Waals surface area contributed by atoms with E-state index in [1.807, 2.05) is 29.2 Å². The zero-order valence-electron chi connectivity index (χ0n) is 18.2. The lowest BCUT2D eigenvalue weighted by Crippen LogP contribution is -2.42. The van der Waals surface area contributed by atoms with E-state index in [1.165, 1.54) is 13.2 Å². The second-order valence-electron chi connectivity index (χ2n) is 8.68. The molecule has 5 rings (SSSR count). The van der Waals surface area contributed by atoms with Crippen molar-refractivity contribution in [1.29, 1.82) is 0 Å². The van der Waals surface area contributed by atoms with Crippen molar-refractivity contribution in [3.8, 4) is 0 Å². The van der Waals surface area contributed by atoms with Crippen molar-refractivity contribution in [1.82, 2.24) is 14.5 Å². The number of nitrogens with zero attached hydrogens (tertiary/aromatic N) is 3. The van der Waals surface area contributed by atoms with Crippen LogP contribution < -0.4 is 5.32 Å². The van der Waals surface area contributed by atoms with E-state index in [2.05, 4.69) is 21.4 Å². The Balaban J connectivity index is 1.38. The first-order chi connectivity index (χ1) is 15.9. The number of esters is 1. The number of ether oxygens (including phenoxy) is 1. The molecule has 1 aromatic carbocycles. The summed E-state index contributed by atoms with van der Waals surface area (Å²) in [5.41, 5.74) is 1.88. The predicted molar refractivity (Wildman–Crippen MR) is 125 cm³/mol. The summed E-state index contributed by atoms with van der Waals surface area (Å²) < 4.78 is 6.83. The fourth-order valence-electron chi connectivity index (χ4n) is 5.04. The van der Waals surface area contributed by atoms with Gasteiger partial charge in [-0.2, -0.15) is 0 Å². The summed E-state index contributed by atoms with van der Waals surface area (Å²) in [5.74, 6) is -0.305. The number of fused-ring (bicyclic) bond motifs is 1. The molecule has 3 aromatic rings. The van der Waals surface area contributed by atoms with Crippen LogP contribution in [0.2, 0.25) is 0 Å². The molecule has 0 atom stereocenters. The van der Waals surface area contributed by atoms with Gasteiger partial charge < -0.3 is 14.2 Å². The highest BCUT2D eigenvalue weighted by Crippen LogP contribution is 2.55. The molecular formula is C24H24N4O4S. The Hall–Kier alpha value is -3.46. The molecule has 1 aliphatic heterocycles. The summed E-state index contributed by atoms with van der Waals surface area (Å²) in [4.78, 5) is 44.0. The van der Waals surface area contributed by atoms with Gasteiger partial charge in [0.05, 0.1) is 23.0 Å². The highest BCUT2D eigenvalue weighted by atomic mass is 32.1. The summed E-state index contributed by atoms with van der Waals surface area (Å²) in [5, 5.41) is 2.94.